The van der Waals surface area contributed by atoms with Crippen LogP contribution in [0.3, 0.4) is 0 Å². The van der Waals surface area contributed by atoms with Gasteiger partial charge in [0.05, 0.1) is 11.4 Å². The normalized spacial score (nSPS) is 13.6. The first-order valence-corrected chi connectivity index (χ1v) is 5.84. The Bertz CT molecular complexity index is 299. The van der Waals surface area contributed by atoms with E-state index in [-0.39, 0.29) is 11.8 Å². The second-order valence-corrected chi connectivity index (χ2v) is 3.92. The zero-order chi connectivity index (χ0) is 13.8. The molecule has 0 aliphatic carbocycles. The maximum absolute atomic E-state index is 12.8. The van der Waals surface area contributed by atoms with Crippen molar-refractivity contribution in [3.8, 4) is 0 Å². The van der Waals surface area contributed by atoms with Crippen molar-refractivity contribution in [1.82, 2.24) is 4.90 Å². The maximum Gasteiger partial charge on any atom is 0.383 e. The highest BCUT2D eigenvalue weighted by Gasteiger charge is 2.51. The van der Waals surface area contributed by atoms with E-state index in [0.717, 1.165) is 7.05 Å². The smallest absolute Gasteiger partial charge is 0.330 e. The molecule has 1 unspecified atom stereocenters. The van der Waals surface area contributed by atoms with Gasteiger partial charge in [0.25, 0.3) is 5.91 Å². The molecule has 0 aromatic rings. The summed E-state index contributed by atoms with van der Waals surface area (Å²) in [6.07, 6.45) is -4.01. The third-order valence-electron chi connectivity index (χ3n) is 2.24. The van der Waals surface area contributed by atoms with Crippen LogP contribution in [0.15, 0.2) is 0 Å². The molecule has 1 atom stereocenters. The van der Waals surface area contributed by atoms with Crippen LogP contribution in [0.5, 0.6) is 0 Å². The lowest BCUT2D eigenvalue weighted by atomic mass is 10.1. The summed E-state index contributed by atoms with van der Waals surface area (Å²) in [6, 6.07) is -1.13. The Hall–Kier alpha value is -0.660. The Morgan fingerprint density at radius 1 is 1.35 bits per heavy atom. The Morgan fingerprint density at radius 3 is 2.12 bits per heavy atom. The van der Waals surface area contributed by atoms with Gasteiger partial charge in [-0.3, -0.25) is 9.59 Å². The van der Waals surface area contributed by atoms with Crippen molar-refractivity contribution < 1.29 is 27.2 Å². The largest absolute Gasteiger partial charge is 0.383 e. The van der Waals surface area contributed by atoms with E-state index < -0.39 is 30.1 Å². The van der Waals surface area contributed by atoms with Gasteiger partial charge in [0.2, 0.25) is 0 Å². The standard InChI is InChI=1S/C9H12BrF4NO2/c1-3-5(6(16)4-10)15(2)8(17)9(13,14)7(11)12/h5,7H,3-4H2,1-2H3. The van der Waals surface area contributed by atoms with Crippen molar-refractivity contribution in [2.75, 3.05) is 12.4 Å². The minimum Gasteiger partial charge on any atom is -0.330 e. The Morgan fingerprint density at radius 2 is 1.82 bits per heavy atom. The van der Waals surface area contributed by atoms with Gasteiger partial charge < -0.3 is 4.90 Å². The SMILES string of the molecule is CCC(C(=O)CBr)N(C)C(=O)C(F)(F)C(F)F. The second-order valence-electron chi connectivity index (χ2n) is 3.36. The number of alkyl halides is 5. The average molecular weight is 322 g/mol. The van der Waals surface area contributed by atoms with E-state index in [1.54, 1.807) is 0 Å². The zero-order valence-electron chi connectivity index (χ0n) is 9.22. The van der Waals surface area contributed by atoms with Gasteiger partial charge in [-0.2, -0.15) is 8.78 Å². The van der Waals surface area contributed by atoms with Crippen molar-refractivity contribution in [2.24, 2.45) is 0 Å². The summed E-state index contributed by atoms with van der Waals surface area (Å²) in [7, 11) is 0.910. The van der Waals surface area contributed by atoms with E-state index in [1.165, 1.54) is 6.92 Å². The number of nitrogens with zero attached hydrogens (tertiary/aromatic N) is 1. The first-order chi connectivity index (χ1) is 7.69. The van der Waals surface area contributed by atoms with Crippen molar-refractivity contribution >= 4 is 27.6 Å². The minimum absolute atomic E-state index is 0.0754. The molecule has 0 aliphatic heterocycles. The second kappa shape index (κ2) is 6.32. The van der Waals surface area contributed by atoms with Crippen molar-refractivity contribution in [2.45, 2.75) is 31.7 Å². The molecular formula is C9H12BrF4NO2. The zero-order valence-corrected chi connectivity index (χ0v) is 10.8. The van der Waals surface area contributed by atoms with Gasteiger partial charge in [-0.05, 0) is 6.42 Å². The number of rotatable bonds is 6. The molecule has 0 rings (SSSR count). The van der Waals surface area contributed by atoms with Crippen LogP contribution >= 0.6 is 15.9 Å². The van der Waals surface area contributed by atoms with Gasteiger partial charge in [-0.1, -0.05) is 22.9 Å². The predicted molar refractivity (Wildman–Crippen MR) is 56.6 cm³/mol. The number of hydrogen-bond acceptors (Lipinski definition) is 2. The molecule has 0 saturated carbocycles. The molecule has 0 spiro atoms. The van der Waals surface area contributed by atoms with Gasteiger partial charge in [-0.25, -0.2) is 8.78 Å². The Labute approximate surface area is 104 Å². The molecule has 17 heavy (non-hydrogen) atoms. The molecule has 8 heteroatoms. The summed E-state index contributed by atoms with van der Waals surface area (Å²) in [4.78, 5) is 22.8. The number of hydrogen-bond donors (Lipinski definition) is 0. The summed E-state index contributed by atoms with van der Waals surface area (Å²) < 4.78 is 49.5. The molecule has 0 fully saturated rings. The molecule has 0 saturated heterocycles. The number of Topliss-reactive ketones (excluding diaryl/α,β-unsaturated/α-hetero) is 1. The number of likely N-dealkylation sites (N-methyl/N-ethyl adjacent to an activating group) is 1. The average Bonchev–Trinajstić information content (AvgIpc) is 2.27. The fraction of sp³-hybridized carbons (Fsp3) is 0.778. The number of amides is 1. The molecule has 0 heterocycles. The van der Waals surface area contributed by atoms with E-state index in [1.807, 2.05) is 0 Å². The summed E-state index contributed by atoms with van der Waals surface area (Å²) in [5.41, 5.74) is 0. The molecule has 0 N–H and O–H groups in total. The molecule has 1 amide bonds. The van der Waals surface area contributed by atoms with Crippen molar-refractivity contribution in [1.29, 1.82) is 0 Å². The van der Waals surface area contributed by atoms with Crippen LogP contribution in [0.2, 0.25) is 0 Å². The van der Waals surface area contributed by atoms with Crippen LogP contribution in [0.4, 0.5) is 17.6 Å². The van der Waals surface area contributed by atoms with Crippen LogP contribution in [-0.4, -0.2) is 47.4 Å². The van der Waals surface area contributed by atoms with E-state index >= 15 is 0 Å². The highest BCUT2D eigenvalue weighted by atomic mass is 79.9. The highest BCUT2D eigenvalue weighted by molar-refractivity contribution is 9.09. The molecule has 0 aliphatic rings. The van der Waals surface area contributed by atoms with Crippen LogP contribution in [0.1, 0.15) is 13.3 Å². The quantitative estimate of drug-likeness (QED) is 0.555. The molecular weight excluding hydrogens is 310 g/mol. The van der Waals surface area contributed by atoms with E-state index in [9.17, 15) is 27.2 Å². The Kier molecular flexibility index (Phi) is 6.08. The van der Waals surface area contributed by atoms with Gasteiger partial charge in [-0.15, -0.1) is 0 Å². The molecule has 100 valence electrons. The van der Waals surface area contributed by atoms with Gasteiger partial charge in [0.1, 0.15) is 0 Å². The van der Waals surface area contributed by atoms with Crippen molar-refractivity contribution in [3.05, 3.63) is 0 Å². The summed E-state index contributed by atoms with van der Waals surface area (Å²) >= 11 is 2.83. The lowest BCUT2D eigenvalue weighted by Crippen LogP contribution is -2.52. The molecule has 0 aromatic heterocycles. The first-order valence-electron chi connectivity index (χ1n) is 4.72. The lowest BCUT2D eigenvalue weighted by Gasteiger charge is -2.28. The number of carbonyl (C=O) groups is 2. The highest BCUT2D eigenvalue weighted by Crippen LogP contribution is 2.26. The predicted octanol–water partition coefficient (Wildman–Crippen LogP) is 2.09. The fourth-order valence-corrected chi connectivity index (χ4v) is 1.65. The summed E-state index contributed by atoms with van der Waals surface area (Å²) in [6.45, 7) is 1.50. The summed E-state index contributed by atoms with van der Waals surface area (Å²) in [5.74, 6) is -7.34. The number of carbonyl (C=O) groups excluding carboxylic acids is 2. The third kappa shape index (κ3) is 3.65. The van der Waals surface area contributed by atoms with Crippen molar-refractivity contribution in [3.63, 3.8) is 0 Å². The Balaban J connectivity index is 4.97. The van der Waals surface area contributed by atoms with E-state index in [2.05, 4.69) is 15.9 Å². The first kappa shape index (κ1) is 16.3. The molecule has 0 aromatic carbocycles. The van der Waals surface area contributed by atoms with E-state index in [0.29, 0.717) is 4.90 Å². The molecule has 3 nitrogen and oxygen atoms in total. The van der Waals surface area contributed by atoms with Gasteiger partial charge in [0, 0.05) is 7.05 Å². The van der Waals surface area contributed by atoms with Crippen LogP contribution in [-0.2, 0) is 9.59 Å². The third-order valence-corrected chi connectivity index (χ3v) is 2.79. The maximum atomic E-state index is 12.8. The summed E-state index contributed by atoms with van der Waals surface area (Å²) in [5, 5.41) is -0.136. The number of ketones is 1. The monoisotopic (exact) mass is 321 g/mol. The number of halogens is 5. The molecule has 0 radical (unpaired) electrons. The topological polar surface area (TPSA) is 37.4 Å². The van der Waals surface area contributed by atoms with Gasteiger partial charge in [0.15, 0.2) is 5.78 Å². The molecule has 0 bridgehead atoms. The lowest BCUT2D eigenvalue weighted by molar-refractivity contribution is -0.182. The van der Waals surface area contributed by atoms with Crippen LogP contribution in [0.25, 0.3) is 0 Å². The van der Waals surface area contributed by atoms with Crippen LogP contribution < -0.4 is 0 Å². The van der Waals surface area contributed by atoms with Gasteiger partial charge >= 0.3 is 12.3 Å². The van der Waals surface area contributed by atoms with Crippen LogP contribution in [0, 0.1) is 0 Å². The minimum atomic E-state index is -4.77. The van der Waals surface area contributed by atoms with E-state index in [4.69, 9.17) is 0 Å². The fourth-order valence-electron chi connectivity index (χ4n) is 1.28.